The van der Waals surface area contributed by atoms with Crippen molar-refractivity contribution in [2.75, 3.05) is 25.1 Å². The number of rotatable bonds is 5. The van der Waals surface area contributed by atoms with Gasteiger partial charge in [-0.15, -0.1) is 10.2 Å². The first kappa shape index (κ1) is 17.4. The fraction of sp³-hybridized carbons (Fsp3) is 0.625. The van der Waals surface area contributed by atoms with Gasteiger partial charge in [-0.05, 0) is 6.42 Å². The Morgan fingerprint density at radius 2 is 2.28 bits per heavy atom. The third-order valence-corrected chi connectivity index (χ3v) is 3.96. The summed E-state index contributed by atoms with van der Waals surface area (Å²) in [5, 5.41) is 15.2. The third-order valence-electron chi connectivity index (χ3n) is 3.96. The van der Waals surface area contributed by atoms with Gasteiger partial charge in [-0.3, -0.25) is 4.68 Å². The predicted molar refractivity (Wildman–Crippen MR) is 90.2 cm³/mol. The van der Waals surface area contributed by atoms with Crippen LogP contribution in [0.3, 0.4) is 0 Å². The number of carbonyl (C=O) groups is 1. The summed E-state index contributed by atoms with van der Waals surface area (Å²) in [4.78, 5) is 14.4. The lowest BCUT2D eigenvalue weighted by Crippen LogP contribution is -2.45. The Hall–Kier alpha value is -2.42. The molecule has 1 saturated heterocycles. The summed E-state index contributed by atoms with van der Waals surface area (Å²) >= 11 is 0. The highest BCUT2D eigenvalue weighted by Gasteiger charge is 2.33. The molecular weight excluding hydrogens is 324 g/mol. The summed E-state index contributed by atoms with van der Waals surface area (Å²) in [7, 11) is 0. The molecule has 0 saturated carbocycles. The second-order valence-corrected chi connectivity index (χ2v) is 6.34. The average molecular weight is 348 g/mol. The van der Waals surface area contributed by atoms with E-state index in [1.54, 1.807) is 15.8 Å². The van der Waals surface area contributed by atoms with E-state index in [0.717, 1.165) is 13.0 Å². The number of morpholine rings is 1. The molecule has 2 amide bonds. The number of amides is 2. The Bertz CT molecular complexity index is 710. The van der Waals surface area contributed by atoms with Gasteiger partial charge in [-0.2, -0.15) is 5.10 Å². The van der Waals surface area contributed by atoms with Crippen LogP contribution in [0.1, 0.15) is 50.9 Å². The molecule has 25 heavy (non-hydrogen) atoms. The molecule has 0 unspecified atom stereocenters. The molecule has 0 aliphatic carbocycles. The topological polar surface area (TPSA) is 98.3 Å². The molecule has 3 rings (SSSR count). The third kappa shape index (κ3) is 3.98. The molecule has 0 radical (unpaired) electrons. The van der Waals surface area contributed by atoms with E-state index in [4.69, 9.17) is 9.15 Å². The summed E-state index contributed by atoms with van der Waals surface area (Å²) in [6.45, 7) is 8.12. The molecule has 0 bridgehead atoms. The van der Waals surface area contributed by atoms with Crippen molar-refractivity contribution in [1.82, 2.24) is 24.9 Å². The quantitative estimate of drug-likeness (QED) is 0.891. The molecule has 9 nitrogen and oxygen atoms in total. The summed E-state index contributed by atoms with van der Waals surface area (Å²) in [6.07, 6.45) is 4.45. The molecule has 2 aromatic rings. The molecule has 1 N–H and O–H groups in total. The number of aryl methyl sites for hydroxylation is 1. The van der Waals surface area contributed by atoms with Gasteiger partial charge < -0.3 is 19.4 Å². The molecule has 9 heteroatoms. The van der Waals surface area contributed by atoms with E-state index in [1.807, 2.05) is 20.0 Å². The fourth-order valence-corrected chi connectivity index (χ4v) is 2.64. The molecule has 2 aromatic heterocycles. The monoisotopic (exact) mass is 348 g/mol. The largest absolute Gasteiger partial charge is 0.423 e. The fourth-order valence-electron chi connectivity index (χ4n) is 2.64. The maximum absolute atomic E-state index is 12.7. The maximum Gasteiger partial charge on any atom is 0.322 e. The van der Waals surface area contributed by atoms with Crippen LogP contribution in [0.25, 0.3) is 0 Å². The summed E-state index contributed by atoms with van der Waals surface area (Å²) in [6, 6.07) is -0.618. The van der Waals surface area contributed by atoms with Crippen LogP contribution in [0.5, 0.6) is 0 Å². The number of hydrogen-bond acceptors (Lipinski definition) is 6. The number of carbonyl (C=O) groups excluding carboxylic acids is 1. The number of aromatic nitrogens is 4. The highest BCUT2D eigenvalue weighted by atomic mass is 16.5. The Kier molecular flexibility index (Phi) is 5.32. The van der Waals surface area contributed by atoms with E-state index < -0.39 is 0 Å². The zero-order valence-corrected chi connectivity index (χ0v) is 14.8. The zero-order valence-electron chi connectivity index (χ0n) is 14.8. The van der Waals surface area contributed by atoms with Crippen LogP contribution in [-0.2, 0) is 11.3 Å². The van der Waals surface area contributed by atoms with Gasteiger partial charge in [0.1, 0.15) is 6.04 Å². The van der Waals surface area contributed by atoms with Crippen molar-refractivity contribution < 1.29 is 13.9 Å². The Morgan fingerprint density at radius 3 is 3.00 bits per heavy atom. The number of hydrogen-bond donors (Lipinski definition) is 1. The number of nitrogens with one attached hydrogen (secondary N) is 1. The van der Waals surface area contributed by atoms with Crippen molar-refractivity contribution in [3.63, 3.8) is 0 Å². The van der Waals surface area contributed by atoms with E-state index in [1.165, 1.54) is 0 Å². The Balaban J connectivity index is 1.71. The van der Waals surface area contributed by atoms with Crippen LogP contribution < -0.4 is 5.32 Å². The van der Waals surface area contributed by atoms with Crippen molar-refractivity contribution >= 4 is 11.7 Å². The van der Waals surface area contributed by atoms with E-state index in [0.29, 0.717) is 37.2 Å². The van der Waals surface area contributed by atoms with E-state index in [-0.39, 0.29) is 18.0 Å². The minimum atomic E-state index is -0.389. The minimum absolute atomic E-state index is 0.137. The molecule has 1 aliphatic rings. The van der Waals surface area contributed by atoms with Gasteiger partial charge in [0.15, 0.2) is 0 Å². The van der Waals surface area contributed by atoms with Gasteiger partial charge in [-0.1, -0.05) is 20.8 Å². The number of nitrogens with zero attached hydrogens (tertiary/aromatic N) is 5. The van der Waals surface area contributed by atoms with Gasteiger partial charge >= 0.3 is 6.03 Å². The Morgan fingerprint density at radius 1 is 1.44 bits per heavy atom. The van der Waals surface area contributed by atoms with Crippen LogP contribution in [0.2, 0.25) is 0 Å². The normalized spacial score (nSPS) is 17.9. The first-order valence-electron chi connectivity index (χ1n) is 8.59. The SMILES string of the molecule is CCCn1cc(NC(=O)N2CCOC[C@@H]2c2nnc(C(C)C)o2)cn1. The van der Waals surface area contributed by atoms with Crippen molar-refractivity contribution in [2.24, 2.45) is 0 Å². The Labute approximate surface area is 146 Å². The maximum atomic E-state index is 12.7. The van der Waals surface area contributed by atoms with E-state index in [2.05, 4.69) is 27.5 Å². The zero-order chi connectivity index (χ0) is 17.8. The number of ether oxygens (including phenoxy) is 1. The summed E-state index contributed by atoms with van der Waals surface area (Å²) in [5.74, 6) is 1.10. The van der Waals surface area contributed by atoms with Crippen LogP contribution >= 0.6 is 0 Å². The molecular formula is C16H24N6O3. The lowest BCUT2D eigenvalue weighted by atomic mass is 10.2. The highest BCUT2D eigenvalue weighted by Crippen LogP contribution is 2.25. The van der Waals surface area contributed by atoms with E-state index in [9.17, 15) is 4.79 Å². The van der Waals surface area contributed by atoms with Crippen LogP contribution in [0.15, 0.2) is 16.8 Å². The van der Waals surface area contributed by atoms with Crippen LogP contribution in [0.4, 0.5) is 10.5 Å². The predicted octanol–water partition coefficient (Wildman–Crippen LogP) is 2.40. The number of urea groups is 1. The van der Waals surface area contributed by atoms with Crippen molar-refractivity contribution in [3.8, 4) is 0 Å². The van der Waals surface area contributed by atoms with Gasteiger partial charge in [0.25, 0.3) is 0 Å². The lowest BCUT2D eigenvalue weighted by molar-refractivity contribution is 0.00494. The second-order valence-electron chi connectivity index (χ2n) is 6.34. The summed E-state index contributed by atoms with van der Waals surface area (Å²) < 4.78 is 13.0. The van der Waals surface area contributed by atoms with Crippen LogP contribution in [-0.4, -0.2) is 50.7 Å². The first-order chi connectivity index (χ1) is 12.1. The smallest absolute Gasteiger partial charge is 0.322 e. The van der Waals surface area contributed by atoms with Gasteiger partial charge in [0.2, 0.25) is 11.8 Å². The second kappa shape index (κ2) is 7.64. The van der Waals surface area contributed by atoms with Gasteiger partial charge in [0, 0.05) is 25.2 Å². The van der Waals surface area contributed by atoms with Crippen molar-refractivity contribution in [1.29, 1.82) is 0 Å². The molecule has 1 aliphatic heterocycles. The molecule has 3 heterocycles. The van der Waals surface area contributed by atoms with Crippen molar-refractivity contribution in [2.45, 2.75) is 45.7 Å². The number of anilines is 1. The average Bonchev–Trinajstić information content (AvgIpc) is 3.25. The molecule has 136 valence electrons. The van der Waals surface area contributed by atoms with Gasteiger partial charge in [0.05, 0.1) is 25.1 Å². The van der Waals surface area contributed by atoms with Crippen molar-refractivity contribution in [3.05, 3.63) is 24.2 Å². The molecule has 0 aromatic carbocycles. The minimum Gasteiger partial charge on any atom is -0.423 e. The van der Waals surface area contributed by atoms with Crippen LogP contribution in [0, 0.1) is 0 Å². The summed E-state index contributed by atoms with van der Waals surface area (Å²) in [5.41, 5.74) is 0.664. The molecule has 1 fully saturated rings. The molecule has 1 atom stereocenters. The first-order valence-corrected chi connectivity index (χ1v) is 8.59. The molecule has 0 spiro atoms. The lowest BCUT2D eigenvalue weighted by Gasteiger charge is -2.33. The van der Waals surface area contributed by atoms with Gasteiger partial charge in [-0.25, -0.2) is 4.79 Å². The van der Waals surface area contributed by atoms with E-state index >= 15 is 0 Å². The standard InChI is InChI=1S/C16H24N6O3/c1-4-5-21-9-12(8-17-21)18-16(23)22-6-7-24-10-13(22)15-20-19-14(25-15)11(2)3/h8-9,11,13H,4-7,10H2,1-3H3,(H,18,23)/t13-/m1/s1. The highest BCUT2D eigenvalue weighted by molar-refractivity contribution is 5.89.